The summed E-state index contributed by atoms with van der Waals surface area (Å²) < 4.78 is 4.82. The fraction of sp³-hybridized carbons (Fsp3) is 0.500. The van der Waals surface area contributed by atoms with Crippen LogP contribution in [0.5, 0.6) is 0 Å². The van der Waals surface area contributed by atoms with Gasteiger partial charge in [-0.1, -0.05) is 13.0 Å². The normalized spacial score (nSPS) is 12.2. The van der Waals surface area contributed by atoms with Gasteiger partial charge in [0, 0.05) is 13.3 Å². The molecular weight excluding hydrogens is 218 g/mol. The van der Waals surface area contributed by atoms with Crippen molar-refractivity contribution >= 4 is 5.91 Å². The second kappa shape index (κ2) is 6.98. The summed E-state index contributed by atoms with van der Waals surface area (Å²) in [6, 6.07) is 3.26. The Kier molecular flexibility index (Phi) is 5.59. The van der Waals surface area contributed by atoms with Crippen molar-refractivity contribution in [1.82, 2.24) is 10.3 Å². The molecule has 1 amide bonds. The quantitative estimate of drug-likeness (QED) is 0.742. The summed E-state index contributed by atoms with van der Waals surface area (Å²) in [6.45, 7) is 2.67. The first-order valence-corrected chi connectivity index (χ1v) is 5.64. The lowest BCUT2D eigenvalue weighted by atomic mass is 10.1. The van der Waals surface area contributed by atoms with E-state index >= 15 is 0 Å². The molecule has 3 N–H and O–H groups in total. The number of nitrogens with one attached hydrogen (secondary N) is 1. The molecule has 94 valence electrons. The zero-order chi connectivity index (χ0) is 12.7. The largest absolute Gasteiger partial charge is 0.383 e. The number of aromatic nitrogens is 1. The van der Waals surface area contributed by atoms with E-state index in [4.69, 9.17) is 10.5 Å². The van der Waals surface area contributed by atoms with Crippen molar-refractivity contribution in [3.8, 4) is 0 Å². The molecule has 1 aromatic rings. The summed E-state index contributed by atoms with van der Waals surface area (Å²) in [5.74, 6) is -0.223. The van der Waals surface area contributed by atoms with E-state index in [-0.39, 0.29) is 12.5 Å². The molecule has 5 nitrogen and oxygen atoms in total. The van der Waals surface area contributed by atoms with Gasteiger partial charge in [0.15, 0.2) is 0 Å². The maximum absolute atomic E-state index is 11.6. The Balaban J connectivity index is 2.52. The molecule has 0 aliphatic heterocycles. The third-order valence-corrected chi connectivity index (χ3v) is 2.48. The molecule has 0 radical (unpaired) electrons. The fourth-order valence-electron chi connectivity index (χ4n) is 1.51. The number of methoxy groups -OCH3 is 1. The van der Waals surface area contributed by atoms with Crippen LogP contribution in [0, 0.1) is 0 Å². The summed E-state index contributed by atoms with van der Waals surface area (Å²) in [7, 11) is 1.51. The van der Waals surface area contributed by atoms with Crippen molar-refractivity contribution in [2.24, 2.45) is 5.73 Å². The van der Waals surface area contributed by atoms with Gasteiger partial charge < -0.3 is 15.8 Å². The van der Waals surface area contributed by atoms with Crippen LogP contribution in [0.4, 0.5) is 0 Å². The van der Waals surface area contributed by atoms with E-state index in [2.05, 4.69) is 17.2 Å². The van der Waals surface area contributed by atoms with Gasteiger partial charge in [-0.25, -0.2) is 0 Å². The third-order valence-electron chi connectivity index (χ3n) is 2.48. The third kappa shape index (κ3) is 4.13. The summed E-state index contributed by atoms with van der Waals surface area (Å²) >= 11 is 0. The maximum Gasteiger partial charge on any atom is 0.239 e. The molecule has 1 unspecified atom stereocenters. The minimum absolute atomic E-state index is 0.217. The number of pyridine rings is 1. The zero-order valence-electron chi connectivity index (χ0n) is 10.3. The zero-order valence-corrected chi connectivity index (χ0v) is 10.3. The van der Waals surface area contributed by atoms with E-state index in [1.54, 1.807) is 6.20 Å². The highest BCUT2D eigenvalue weighted by molar-refractivity contribution is 5.81. The Morgan fingerprint density at radius 3 is 3.06 bits per heavy atom. The number of carbonyl (C=O) groups is 1. The molecular formula is C12H19N3O2. The summed E-state index contributed by atoms with van der Waals surface area (Å²) in [5.41, 5.74) is 7.62. The van der Waals surface area contributed by atoms with Gasteiger partial charge in [0.25, 0.3) is 0 Å². The van der Waals surface area contributed by atoms with Crippen LogP contribution in [0.2, 0.25) is 0 Å². The van der Waals surface area contributed by atoms with Gasteiger partial charge in [-0.05, 0) is 18.1 Å². The van der Waals surface area contributed by atoms with Crippen molar-refractivity contribution in [1.29, 1.82) is 0 Å². The van der Waals surface area contributed by atoms with Crippen molar-refractivity contribution in [2.75, 3.05) is 13.7 Å². The molecule has 1 rings (SSSR count). The van der Waals surface area contributed by atoms with Crippen LogP contribution in [0.3, 0.4) is 0 Å². The van der Waals surface area contributed by atoms with Gasteiger partial charge >= 0.3 is 0 Å². The highest BCUT2D eigenvalue weighted by Gasteiger charge is 2.13. The first kappa shape index (κ1) is 13.6. The monoisotopic (exact) mass is 237 g/mol. The van der Waals surface area contributed by atoms with Crippen LogP contribution in [0.1, 0.15) is 18.2 Å². The van der Waals surface area contributed by atoms with Gasteiger partial charge in [0.1, 0.15) is 6.04 Å². The van der Waals surface area contributed by atoms with Crippen LogP contribution < -0.4 is 11.1 Å². The predicted octanol–water partition coefficient (Wildman–Crippen LogP) is 0.234. The van der Waals surface area contributed by atoms with E-state index in [0.29, 0.717) is 6.54 Å². The number of nitrogens with two attached hydrogens (primary N) is 1. The van der Waals surface area contributed by atoms with Gasteiger partial charge in [-0.2, -0.15) is 0 Å². The van der Waals surface area contributed by atoms with E-state index in [0.717, 1.165) is 17.7 Å². The van der Waals surface area contributed by atoms with E-state index in [1.165, 1.54) is 7.11 Å². The van der Waals surface area contributed by atoms with Gasteiger partial charge in [-0.3, -0.25) is 9.78 Å². The first-order valence-electron chi connectivity index (χ1n) is 5.64. The molecule has 0 aliphatic rings. The number of amides is 1. The Morgan fingerprint density at radius 2 is 2.41 bits per heavy atom. The summed E-state index contributed by atoms with van der Waals surface area (Å²) in [6.07, 6.45) is 2.61. The molecule has 1 heterocycles. The van der Waals surface area contributed by atoms with E-state index in [1.807, 2.05) is 12.1 Å². The Hall–Kier alpha value is -1.46. The average Bonchev–Trinajstić information content (AvgIpc) is 2.36. The number of aryl methyl sites for hydroxylation is 1. The predicted molar refractivity (Wildman–Crippen MR) is 65.3 cm³/mol. The Bertz CT molecular complexity index is 369. The van der Waals surface area contributed by atoms with E-state index < -0.39 is 6.04 Å². The molecule has 0 spiro atoms. The lowest BCUT2D eigenvalue weighted by Gasteiger charge is -2.12. The van der Waals surface area contributed by atoms with Crippen LogP contribution in [-0.4, -0.2) is 30.6 Å². The lowest BCUT2D eigenvalue weighted by Crippen LogP contribution is -2.43. The Morgan fingerprint density at radius 1 is 1.65 bits per heavy atom. The number of carbonyl (C=O) groups excluding carboxylic acids is 1. The molecule has 0 fully saturated rings. The van der Waals surface area contributed by atoms with Gasteiger partial charge in [0.05, 0.1) is 18.8 Å². The smallest absolute Gasteiger partial charge is 0.239 e. The average molecular weight is 237 g/mol. The molecule has 0 bridgehead atoms. The Labute approximate surface area is 101 Å². The molecule has 1 aromatic heterocycles. The highest BCUT2D eigenvalue weighted by atomic mass is 16.5. The number of hydrogen-bond donors (Lipinski definition) is 2. The summed E-state index contributed by atoms with van der Waals surface area (Å²) in [4.78, 5) is 15.8. The second-order valence-corrected chi connectivity index (χ2v) is 3.74. The molecule has 0 saturated heterocycles. The number of hydrogen-bond acceptors (Lipinski definition) is 4. The molecule has 0 saturated carbocycles. The molecule has 5 heteroatoms. The molecule has 0 aliphatic carbocycles. The van der Waals surface area contributed by atoms with Gasteiger partial charge in [-0.15, -0.1) is 0 Å². The van der Waals surface area contributed by atoms with E-state index in [9.17, 15) is 4.79 Å². The first-order chi connectivity index (χ1) is 8.19. The van der Waals surface area contributed by atoms with Crippen molar-refractivity contribution < 1.29 is 9.53 Å². The molecule has 17 heavy (non-hydrogen) atoms. The number of nitrogens with zero attached hydrogens (tertiary/aromatic N) is 1. The van der Waals surface area contributed by atoms with Gasteiger partial charge in [0.2, 0.25) is 5.91 Å². The van der Waals surface area contributed by atoms with Crippen molar-refractivity contribution in [2.45, 2.75) is 25.9 Å². The second-order valence-electron chi connectivity index (χ2n) is 3.74. The standard InChI is InChI=1S/C12H19N3O2/c1-3-9-5-4-6-14-11(9)7-15-12(16)10(13)8-17-2/h4-6,10H,3,7-8,13H2,1-2H3,(H,15,16). The lowest BCUT2D eigenvalue weighted by molar-refractivity contribution is -0.123. The maximum atomic E-state index is 11.6. The van der Waals surface area contributed by atoms with Crippen LogP contribution in [-0.2, 0) is 22.5 Å². The topological polar surface area (TPSA) is 77.2 Å². The minimum Gasteiger partial charge on any atom is -0.383 e. The number of rotatable bonds is 6. The molecule has 0 aromatic carbocycles. The minimum atomic E-state index is -0.631. The SMILES string of the molecule is CCc1cccnc1CNC(=O)C(N)COC. The van der Waals surface area contributed by atoms with Crippen LogP contribution >= 0.6 is 0 Å². The van der Waals surface area contributed by atoms with Crippen LogP contribution in [0.15, 0.2) is 18.3 Å². The highest BCUT2D eigenvalue weighted by Crippen LogP contribution is 2.05. The van der Waals surface area contributed by atoms with Crippen LogP contribution in [0.25, 0.3) is 0 Å². The van der Waals surface area contributed by atoms with Crippen molar-refractivity contribution in [3.63, 3.8) is 0 Å². The fourth-order valence-corrected chi connectivity index (χ4v) is 1.51. The van der Waals surface area contributed by atoms with Crippen molar-refractivity contribution in [3.05, 3.63) is 29.6 Å². The number of ether oxygens (including phenoxy) is 1. The molecule has 1 atom stereocenters. The summed E-state index contributed by atoms with van der Waals surface area (Å²) in [5, 5.41) is 2.75.